The largest absolute Gasteiger partial charge is 0.435 e. The highest BCUT2D eigenvalue weighted by atomic mass is 19.4. The SMILES string of the molecule is FC(F)(F)C1=NCN=C1C(F)(F)F. The molecule has 0 fully saturated rings. The minimum Gasteiger partial charge on any atom is -0.255 e. The second-order valence-corrected chi connectivity index (χ2v) is 2.15. The third-order valence-corrected chi connectivity index (χ3v) is 1.22. The number of nitrogens with zero attached hydrogens (tertiary/aromatic N) is 2. The van der Waals surface area contributed by atoms with Crippen LogP contribution in [0.25, 0.3) is 0 Å². The van der Waals surface area contributed by atoms with Crippen molar-refractivity contribution in [3.05, 3.63) is 0 Å². The average Bonchev–Trinajstić information content (AvgIpc) is 2.27. The maximum Gasteiger partial charge on any atom is 0.435 e. The first-order valence-electron chi connectivity index (χ1n) is 2.96. The summed E-state index contributed by atoms with van der Waals surface area (Å²) in [5.74, 6) is 0. The lowest BCUT2D eigenvalue weighted by atomic mass is 10.2. The van der Waals surface area contributed by atoms with Crippen molar-refractivity contribution in [2.45, 2.75) is 12.4 Å². The summed E-state index contributed by atoms with van der Waals surface area (Å²) in [5, 5.41) is 0. The van der Waals surface area contributed by atoms with Crippen LogP contribution in [0.4, 0.5) is 26.3 Å². The molecule has 13 heavy (non-hydrogen) atoms. The van der Waals surface area contributed by atoms with Crippen LogP contribution in [0.2, 0.25) is 0 Å². The maximum absolute atomic E-state index is 11.8. The van der Waals surface area contributed by atoms with Crippen LogP contribution in [-0.4, -0.2) is 30.4 Å². The molecule has 0 amide bonds. The van der Waals surface area contributed by atoms with Crippen LogP contribution in [0.1, 0.15) is 0 Å². The molecule has 0 saturated carbocycles. The summed E-state index contributed by atoms with van der Waals surface area (Å²) in [7, 11) is 0. The van der Waals surface area contributed by atoms with E-state index >= 15 is 0 Å². The molecule has 1 aliphatic rings. The molecular weight excluding hydrogens is 202 g/mol. The van der Waals surface area contributed by atoms with Crippen molar-refractivity contribution in [3.8, 4) is 0 Å². The number of hydrogen-bond acceptors (Lipinski definition) is 2. The Hall–Kier alpha value is -1.08. The first kappa shape index (κ1) is 10.0. The van der Waals surface area contributed by atoms with Gasteiger partial charge in [0.2, 0.25) is 0 Å². The predicted molar refractivity (Wildman–Crippen MR) is 31.8 cm³/mol. The number of halogens is 6. The number of hydrogen-bond donors (Lipinski definition) is 0. The van der Waals surface area contributed by atoms with Crippen LogP contribution in [0.3, 0.4) is 0 Å². The van der Waals surface area contributed by atoms with E-state index < -0.39 is 30.4 Å². The third-order valence-electron chi connectivity index (χ3n) is 1.22. The molecule has 0 unspecified atom stereocenters. The Bertz CT molecular complexity index is 242. The highest BCUT2D eigenvalue weighted by molar-refractivity contribution is 6.47. The smallest absolute Gasteiger partial charge is 0.255 e. The van der Waals surface area contributed by atoms with Gasteiger partial charge < -0.3 is 0 Å². The van der Waals surface area contributed by atoms with E-state index in [0.717, 1.165) is 0 Å². The number of rotatable bonds is 0. The van der Waals surface area contributed by atoms with Crippen molar-refractivity contribution in [3.63, 3.8) is 0 Å². The van der Waals surface area contributed by atoms with E-state index in [1.54, 1.807) is 0 Å². The van der Waals surface area contributed by atoms with E-state index in [1.807, 2.05) is 0 Å². The minimum absolute atomic E-state index is 0.816. The zero-order valence-corrected chi connectivity index (χ0v) is 5.87. The van der Waals surface area contributed by atoms with Crippen LogP contribution in [0.5, 0.6) is 0 Å². The fraction of sp³-hybridized carbons (Fsp3) is 0.600. The van der Waals surface area contributed by atoms with Crippen molar-refractivity contribution < 1.29 is 26.3 Å². The Balaban J connectivity index is 2.99. The highest BCUT2D eigenvalue weighted by Crippen LogP contribution is 2.28. The standard InChI is InChI=1S/C5H2F6N2/c6-4(7,8)2-3(5(9,10)11)13-1-12-2/h1H2. The summed E-state index contributed by atoms with van der Waals surface area (Å²) in [5.41, 5.74) is -3.89. The van der Waals surface area contributed by atoms with Gasteiger partial charge in [-0.05, 0) is 0 Å². The van der Waals surface area contributed by atoms with E-state index in [1.165, 1.54) is 0 Å². The van der Waals surface area contributed by atoms with Crippen LogP contribution in [0, 0.1) is 0 Å². The topological polar surface area (TPSA) is 24.7 Å². The van der Waals surface area contributed by atoms with Gasteiger partial charge in [0.15, 0.2) is 11.4 Å². The summed E-state index contributed by atoms with van der Waals surface area (Å²) < 4.78 is 71.0. The first-order valence-corrected chi connectivity index (χ1v) is 2.96. The molecule has 0 aromatic carbocycles. The fourth-order valence-corrected chi connectivity index (χ4v) is 0.774. The minimum atomic E-state index is -5.09. The lowest BCUT2D eigenvalue weighted by Gasteiger charge is -2.10. The highest BCUT2D eigenvalue weighted by Gasteiger charge is 2.51. The van der Waals surface area contributed by atoms with E-state index in [2.05, 4.69) is 9.98 Å². The molecule has 0 saturated heterocycles. The van der Waals surface area contributed by atoms with Gasteiger partial charge in [-0.15, -0.1) is 0 Å². The molecule has 1 rings (SSSR count). The van der Waals surface area contributed by atoms with Crippen molar-refractivity contribution in [2.24, 2.45) is 9.98 Å². The lowest BCUT2D eigenvalue weighted by molar-refractivity contribution is -0.0704. The number of aliphatic imine (C=N–C) groups is 2. The molecule has 0 aliphatic carbocycles. The maximum atomic E-state index is 11.8. The quantitative estimate of drug-likeness (QED) is 0.539. The summed E-state index contributed by atoms with van der Waals surface area (Å²) >= 11 is 0. The van der Waals surface area contributed by atoms with Gasteiger partial charge >= 0.3 is 12.4 Å². The molecule has 1 heterocycles. The Kier molecular flexibility index (Phi) is 2.08. The van der Waals surface area contributed by atoms with Gasteiger partial charge in [-0.1, -0.05) is 0 Å². The Morgan fingerprint density at radius 3 is 1.31 bits per heavy atom. The molecule has 0 spiro atoms. The Morgan fingerprint density at radius 1 is 0.769 bits per heavy atom. The van der Waals surface area contributed by atoms with E-state index in [-0.39, 0.29) is 0 Å². The van der Waals surface area contributed by atoms with Gasteiger partial charge in [-0.25, -0.2) is 0 Å². The molecule has 74 valence electrons. The molecule has 8 heteroatoms. The molecular formula is C5H2F6N2. The molecule has 0 N–H and O–H groups in total. The Labute approximate surface area is 68.0 Å². The van der Waals surface area contributed by atoms with Gasteiger partial charge in [0.05, 0.1) is 0 Å². The molecule has 0 aromatic heterocycles. The molecule has 0 atom stereocenters. The van der Waals surface area contributed by atoms with Crippen molar-refractivity contribution in [2.75, 3.05) is 6.67 Å². The number of alkyl halides is 6. The van der Waals surface area contributed by atoms with Crippen molar-refractivity contribution in [1.29, 1.82) is 0 Å². The van der Waals surface area contributed by atoms with Gasteiger partial charge in [0.1, 0.15) is 6.67 Å². The molecule has 0 radical (unpaired) electrons. The molecule has 1 aliphatic heterocycles. The van der Waals surface area contributed by atoms with Gasteiger partial charge in [0, 0.05) is 0 Å². The summed E-state index contributed by atoms with van der Waals surface area (Å²) in [6.45, 7) is -0.816. The molecule has 2 nitrogen and oxygen atoms in total. The average molecular weight is 204 g/mol. The van der Waals surface area contributed by atoms with Crippen LogP contribution < -0.4 is 0 Å². The Morgan fingerprint density at radius 2 is 1.08 bits per heavy atom. The zero-order chi connectivity index (χ0) is 10.3. The van der Waals surface area contributed by atoms with Crippen LogP contribution in [0.15, 0.2) is 9.98 Å². The summed E-state index contributed by atoms with van der Waals surface area (Å²) in [6, 6.07) is 0. The van der Waals surface area contributed by atoms with Gasteiger partial charge in [0.25, 0.3) is 0 Å². The molecule has 0 bridgehead atoms. The van der Waals surface area contributed by atoms with Gasteiger partial charge in [-0.2, -0.15) is 26.3 Å². The van der Waals surface area contributed by atoms with Crippen LogP contribution in [-0.2, 0) is 0 Å². The van der Waals surface area contributed by atoms with E-state index in [9.17, 15) is 26.3 Å². The molecule has 0 aromatic rings. The first-order chi connectivity index (χ1) is 5.73. The van der Waals surface area contributed by atoms with Gasteiger partial charge in [-0.3, -0.25) is 9.98 Å². The lowest BCUT2D eigenvalue weighted by Crippen LogP contribution is -2.38. The van der Waals surface area contributed by atoms with Crippen molar-refractivity contribution >= 4 is 11.4 Å². The second-order valence-electron chi connectivity index (χ2n) is 2.15. The van der Waals surface area contributed by atoms with Crippen molar-refractivity contribution in [1.82, 2.24) is 0 Å². The van der Waals surface area contributed by atoms with E-state index in [0.29, 0.717) is 0 Å². The summed E-state index contributed by atoms with van der Waals surface area (Å²) in [4.78, 5) is 5.25. The van der Waals surface area contributed by atoms with E-state index in [4.69, 9.17) is 0 Å². The van der Waals surface area contributed by atoms with Crippen LogP contribution >= 0.6 is 0 Å². The second kappa shape index (κ2) is 2.71. The fourth-order valence-electron chi connectivity index (χ4n) is 0.774. The zero-order valence-electron chi connectivity index (χ0n) is 5.87. The third kappa shape index (κ3) is 1.99. The normalized spacial score (nSPS) is 18.6. The monoisotopic (exact) mass is 204 g/mol. The predicted octanol–water partition coefficient (Wildman–Crippen LogP) is 1.96. The summed E-state index contributed by atoms with van der Waals surface area (Å²) in [6.07, 6.45) is -10.2.